The van der Waals surface area contributed by atoms with Crippen molar-refractivity contribution in [2.75, 3.05) is 13.2 Å². The molecule has 0 bridgehead atoms. The van der Waals surface area contributed by atoms with Crippen molar-refractivity contribution in [2.24, 2.45) is 0 Å². The van der Waals surface area contributed by atoms with E-state index in [1.54, 1.807) is 0 Å². The fourth-order valence-electron chi connectivity index (χ4n) is 1.11. The lowest BCUT2D eigenvalue weighted by Gasteiger charge is -2.09. The summed E-state index contributed by atoms with van der Waals surface area (Å²) in [5.41, 5.74) is 0.951. The van der Waals surface area contributed by atoms with Gasteiger partial charge in [-0.15, -0.1) is 0 Å². The molecule has 0 amide bonds. The Morgan fingerprint density at radius 1 is 1.12 bits per heavy atom. The van der Waals surface area contributed by atoms with Crippen molar-refractivity contribution in [1.82, 2.24) is 0 Å². The smallest absolute Gasteiger partial charge is 0.222 e. The van der Waals surface area contributed by atoms with Crippen LogP contribution in [0.5, 0.6) is 0 Å². The van der Waals surface area contributed by atoms with Crippen molar-refractivity contribution in [1.29, 1.82) is 0 Å². The Hall–Kier alpha value is -0.820. The number of ether oxygens (including phenoxy) is 2. The van der Waals surface area contributed by atoms with Crippen molar-refractivity contribution in [3.63, 3.8) is 0 Å². The van der Waals surface area contributed by atoms with Gasteiger partial charge in [-0.2, -0.15) is 0 Å². The second-order valence-corrected chi connectivity index (χ2v) is 3.93. The third-order valence-corrected chi connectivity index (χ3v) is 2.34. The molecule has 0 aromatic heterocycles. The highest BCUT2D eigenvalue weighted by atomic mass is 79.9. The van der Waals surface area contributed by atoms with E-state index in [0.29, 0.717) is 13.2 Å². The van der Waals surface area contributed by atoms with Crippen molar-refractivity contribution >= 4 is 15.9 Å². The van der Waals surface area contributed by atoms with E-state index in [2.05, 4.69) is 27.8 Å². The maximum Gasteiger partial charge on any atom is 0.222 e. The zero-order valence-electron chi connectivity index (χ0n) is 9.50. The summed E-state index contributed by atoms with van der Waals surface area (Å²) in [6.45, 7) is 5.04. The molecule has 0 N–H and O–H groups in total. The molecule has 0 aliphatic heterocycles. The minimum Gasteiger partial charge on any atom is -0.342 e. The van der Waals surface area contributed by atoms with Gasteiger partial charge in [-0.3, -0.25) is 0 Å². The van der Waals surface area contributed by atoms with Crippen LogP contribution in [0, 0.1) is 11.8 Å². The quantitative estimate of drug-likeness (QED) is 0.624. The van der Waals surface area contributed by atoms with Crippen LogP contribution in [-0.4, -0.2) is 19.5 Å². The Balaban J connectivity index is 2.66. The molecule has 0 saturated carbocycles. The first kappa shape index (κ1) is 13.2. The molecule has 2 nitrogen and oxygen atoms in total. The van der Waals surface area contributed by atoms with E-state index in [0.717, 1.165) is 10.0 Å². The maximum atomic E-state index is 5.32. The Morgan fingerprint density at radius 3 is 2.19 bits per heavy atom. The molecule has 0 atom stereocenters. The van der Waals surface area contributed by atoms with Gasteiger partial charge in [0.25, 0.3) is 0 Å². The fraction of sp³-hybridized carbons (Fsp3) is 0.385. The largest absolute Gasteiger partial charge is 0.342 e. The minimum atomic E-state index is -0.432. The normalized spacial score (nSPS) is 10.0. The van der Waals surface area contributed by atoms with Crippen LogP contribution >= 0.6 is 15.9 Å². The number of hydrogen-bond donors (Lipinski definition) is 0. The van der Waals surface area contributed by atoms with Gasteiger partial charge >= 0.3 is 0 Å². The highest BCUT2D eigenvalue weighted by Gasteiger charge is 2.01. The van der Waals surface area contributed by atoms with Gasteiger partial charge in [-0.05, 0) is 44.0 Å². The van der Waals surface area contributed by atoms with Crippen LogP contribution in [0.3, 0.4) is 0 Å². The monoisotopic (exact) mass is 282 g/mol. The average Bonchev–Trinajstić information content (AvgIpc) is 2.29. The summed E-state index contributed by atoms with van der Waals surface area (Å²) in [6.07, 6.45) is -0.432. The zero-order valence-corrected chi connectivity index (χ0v) is 11.1. The van der Waals surface area contributed by atoms with E-state index < -0.39 is 6.29 Å². The van der Waals surface area contributed by atoms with E-state index in [9.17, 15) is 0 Å². The van der Waals surface area contributed by atoms with E-state index in [1.165, 1.54) is 0 Å². The second kappa shape index (κ2) is 7.45. The van der Waals surface area contributed by atoms with Gasteiger partial charge in [0.1, 0.15) is 0 Å². The third kappa shape index (κ3) is 4.80. The summed E-state index contributed by atoms with van der Waals surface area (Å²) in [5, 5.41) is 0. The molecular weight excluding hydrogens is 268 g/mol. The minimum absolute atomic E-state index is 0.432. The van der Waals surface area contributed by atoms with Crippen LogP contribution < -0.4 is 0 Å². The van der Waals surface area contributed by atoms with Crippen molar-refractivity contribution in [3.05, 3.63) is 34.3 Å². The molecule has 16 heavy (non-hydrogen) atoms. The summed E-state index contributed by atoms with van der Waals surface area (Å²) in [5.74, 6) is 5.97. The molecule has 0 heterocycles. The molecule has 0 spiro atoms. The average molecular weight is 283 g/mol. The van der Waals surface area contributed by atoms with Crippen LogP contribution in [0.25, 0.3) is 0 Å². The first-order valence-corrected chi connectivity index (χ1v) is 6.05. The van der Waals surface area contributed by atoms with Gasteiger partial charge in [-0.25, -0.2) is 0 Å². The standard InChI is InChI=1S/C13H15BrO2/c1-3-15-13(16-4-2)10-7-11-5-8-12(14)9-6-11/h5-6,8-9,13H,3-4H2,1-2H3. The molecule has 0 saturated heterocycles. The van der Waals surface area contributed by atoms with Crippen LogP contribution in [0.1, 0.15) is 19.4 Å². The van der Waals surface area contributed by atoms with E-state index in [4.69, 9.17) is 9.47 Å². The summed E-state index contributed by atoms with van der Waals surface area (Å²) in [4.78, 5) is 0. The predicted octanol–water partition coefficient (Wildman–Crippen LogP) is 3.20. The van der Waals surface area contributed by atoms with Gasteiger partial charge in [0.2, 0.25) is 6.29 Å². The summed E-state index contributed by atoms with van der Waals surface area (Å²) in [6, 6.07) is 7.82. The van der Waals surface area contributed by atoms with Gasteiger partial charge < -0.3 is 9.47 Å². The van der Waals surface area contributed by atoms with Crippen molar-refractivity contribution < 1.29 is 9.47 Å². The molecule has 1 aromatic carbocycles. The lowest BCUT2D eigenvalue weighted by atomic mass is 10.2. The Morgan fingerprint density at radius 2 is 1.69 bits per heavy atom. The topological polar surface area (TPSA) is 18.5 Å². The van der Waals surface area contributed by atoms with Gasteiger partial charge in [0.05, 0.1) is 0 Å². The lowest BCUT2D eigenvalue weighted by Crippen LogP contribution is -2.14. The number of halogens is 1. The summed E-state index contributed by atoms with van der Waals surface area (Å²) in [7, 11) is 0. The number of benzene rings is 1. The summed E-state index contributed by atoms with van der Waals surface area (Å²) >= 11 is 3.38. The van der Waals surface area contributed by atoms with Gasteiger partial charge in [0, 0.05) is 23.2 Å². The van der Waals surface area contributed by atoms with Crippen LogP contribution in [0.4, 0.5) is 0 Å². The SMILES string of the molecule is CCOC(C#Cc1ccc(Br)cc1)OCC. The molecular formula is C13H15BrO2. The van der Waals surface area contributed by atoms with E-state index in [1.807, 2.05) is 38.1 Å². The first-order valence-electron chi connectivity index (χ1n) is 5.26. The first-order chi connectivity index (χ1) is 7.76. The van der Waals surface area contributed by atoms with Crippen LogP contribution in [-0.2, 0) is 9.47 Å². The maximum absolute atomic E-state index is 5.32. The molecule has 0 aliphatic carbocycles. The molecule has 0 aliphatic rings. The van der Waals surface area contributed by atoms with Crippen molar-refractivity contribution in [2.45, 2.75) is 20.1 Å². The highest BCUT2D eigenvalue weighted by molar-refractivity contribution is 9.10. The second-order valence-electron chi connectivity index (χ2n) is 3.02. The van der Waals surface area contributed by atoms with Gasteiger partial charge in [0.15, 0.2) is 0 Å². The Kier molecular flexibility index (Phi) is 6.17. The molecule has 86 valence electrons. The Bertz CT molecular complexity index is 356. The van der Waals surface area contributed by atoms with E-state index in [-0.39, 0.29) is 0 Å². The number of hydrogen-bond acceptors (Lipinski definition) is 2. The molecule has 3 heteroatoms. The highest BCUT2D eigenvalue weighted by Crippen LogP contribution is 2.09. The van der Waals surface area contributed by atoms with Crippen LogP contribution in [0.2, 0.25) is 0 Å². The van der Waals surface area contributed by atoms with Gasteiger partial charge in [-0.1, -0.05) is 21.9 Å². The fourth-order valence-corrected chi connectivity index (χ4v) is 1.37. The van der Waals surface area contributed by atoms with Crippen molar-refractivity contribution in [3.8, 4) is 11.8 Å². The molecule has 0 radical (unpaired) electrons. The zero-order chi connectivity index (χ0) is 11.8. The summed E-state index contributed by atoms with van der Waals surface area (Å²) < 4.78 is 11.7. The third-order valence-electron chi connectivity index (χ3n) is 1.81. The molecule has 0 fully saturated rings. The Labute approximate surface area is 105 Å². The predicted molar refractivity (Wildman–Crippen MR) is 68.1 cm³/mol. The van der Waals surface area contributed by atoms with Crippen LogP contribution in [0.15, 0.2) is 28.7 Å². The molecule has 0 unspecified atom stereocenters. The molecule has 1 rings (SSSR count). The lowest BCUT2D eigenvalue weighted by molar-refractivity contribution is -0.0969. The van der Waals surface area contributed by atoms with E-state index >= 15 is 0 Å². The molecule has 1 aromatic rings. The number of rotatable bonds is 4.